The molecule has 18 heavy (non-hydrogen) atoms. The van der Waals surface area contributed by atoms with Crippen molar-refractivity contribution in [2.75, 3.05) is 0 Å². The Morgan fingerprint density at radius 1 is 1.33 bits per heavy atom. The molecule has 0 aliphatic carbocycles. The van der Waals surface area contributed by atoms with E-state index in [-0.39, 0.29) is 0 Å². The third-order valence-corrected chi connectivity index (χ3v) is 2.10. The highest BCUT2D eigenvalue weighted by atomic mass is 16.5. The molecule has 0 aliphatic rings. The van der Waals surface area contributed by atoms with Crippen LogP contribution in [0.25, 0.3) is 0 Å². The first-order valence-electron chi connectivity index (χ1n) is 6.07. The van der Waals surface area contributed by atoms with Crippen molar-refractivity contribution >= 4 is 0 Å². The van der Waals surface area contributed by atoms with Crippen LogP contribution >= 0.6 is 0 Å². The fourth-order valence-electron chi connectivity index (χ4n) is 1.16. The summed E-state index contributed by atoms with van der Waals surface area (Å²) in [4.78, 5) is 0. The zero-order chi connectivity index (χ0) is 13.8. The van der Waals surface area contributed by atoms with Crippen molar-refractivity contribution in [3.05, 3.63) is 72.9 Å². The largest absolute Gasteiger partial charge is 0.462 e. The molecule has 0 fully saturated rings. The lowest BCUT2D eigenvalue weighted by atomic mass is 10.3. The molecule has 0 spiro atoms. The van der Waals surface area contributed by atoms with Crippen LogP contribution in [0.5, 0.6) is 0 Å². The fraction of sp³-hybridized carbons (Fsp3) is 0.250. The second-order valence-corrected chi connectivity index (χ2v) is 3.62. The quantitative estimate of drug-likeness (QED) is 0.509. The molecule has 2 N–H and O–H groups in total. The number of hydrogen-bond acceptors (Lipinski definition) is 2. The van der Waals surface area contributed by atoms with Crippen LogP contribution in [0.3, 0.4) is 0 Å². The first kappa shape index (κ1) is 16.0. The van der Waals surface area contributed by atoms with Gasteiger partial charge in [-0.05, 0) is 37.6 Å². The summed E-state index contributed by atoms with van der Waals surface area (Å²) in [6.45, 7) is 11.2. The molecule has 0 atom stereocenters. The summed E-state index contributed by atoms with van der Waals surface area (Å²) >= 11 is 0. The molecule has 2 nitrogen and oxygen atoms in total. The molecule has 0 heterocycles. The van der Waals surface area contributed by atoms with Crippen molar-refractivity contribution in [3.63, 3.8) is 0 Å². The van der Waals surface area contributed by atoms with E-state index in [4.69, 9.17) is 10.5 Å². The molecule has 0 aromatic carbocycles. The van der Waals surface area contributed by atoms with E-state index in [1.54, 1.807) is 12.2 Å². The van der Waals surface area contributed by atoms with E-state index in [0.717, 1.165) is 24.4 Å². The lowest BCUT2D eigenvalue weighted by Crippen LogP contribution is -1.93. The van der Waals surface area contributed by atoms with Gasteiger partial charge in [0, 0.05) is 12.1 Å². The van der Waals surface area contributed by atoms with E-state index in [2.05, 4.69) is 26.2 Å². The van der Waals surface area contributed by atoms with Crippen molar-refractivity contribution < 1.29 is 4.74 Å². The predicted molar refractivity (Wildman–Crippen MR) is 79.6 cm³/mol. The van der Waals surface area contributed by atoms with Gasteiger partial charge in [-0.15, -0.1) is 0 Å². The molecule has 0 bridgehead atoms. The van der Waals surface area contributed by atoms with Crippen molar-refractivity contribution in [2.45, 2.75) is 26.7 Å². The molecule has 2 heteroatoms. The van der Waals surface area contributed by atoms with Gasteiger partial charge in [0.05, 0.1) is 0 Å². The number of rotatable bonds is 8. The number of ether oxygens (including phenoxy) is 1. The van der Waals surface area contributed by atoms with E-state index in [9.17, 15) is 0 Å². The predicted octanol–water partition coefficient (Wildman–Crippen LogP) is 4.36. The highest BCUT2D eigenvalue weighted by molar-refractivity contribution is 5.21. The van der Waals surface area contributed by atoms with Crippen LogP contribution in [0, 0.1) is 0 Å². The van der Waals surface area contributed by atoms with Crippen LogP contribution in [0.4, 0.5) is 0 Å². The monoisotopic (exact) mass is 245 g/mol. The van der Waals surface area contributed by atoms with Gasteiger partial charge in [0.25, 0.3) is 0 Å². The van der Waals surface area contributed by atoms with Gasteiger partial charge in [0.1, 0.15) is 11.5 Å². The molecular formula is C16H23NO. The van der Waals surface area contributed by atoms with Gasteiger partial charge in [0.15, 0.2) is 0 Å². The Bertz CT molecular complexity index is 384. The highest BCUT2D eigenvalue weighted by Gasteiger charge is 1.97. The number of allylic oxidation sites excluding steroid dienone is 8. The van der Waals surface area contributed by atoms with Gasteiger partial charge in [-0.3, -0.25) is 0 Å². The molecule has 98 valence electrons. The van der Waals surface area contributed by atoms with Gasteiger partial charge in [-0.25, -0.2) is 0 Å². The van der Waals surface area contributed by atoms with Crippen LogP contribution in [-0.2, 0) is 4.74 Å². The average Bonchev–Trinajstić information content (AvgIpc) is 2.36. The summed E-state index contributed by atoms with van der Waals surface area (Å²) in [7, 11) is 0. The Balaban J connectivity index is 4.54. The van der Waals surface area contributed by atoms with Crippen LogP contribution < -0.4 is 5.73 Å². The summed E-state index contributed by atoms with van der Waals surface area (Å²) in [6.07, 6.45) is 14.9. The van der Waals surface area contributed by atoms with E-state index in [1.807, 2.05) is 31.2 Å². The molecular weight excluding hydrogens is 222 g/mol. The van der Waals surface area contributed by atoms with E-state index in [0.29, 0.717) is 5.70 Å². The van der Waals surface area contributed by atoms with Crippen LogP contribution in [0.2, 0.25) is 0 Å². The third kappa shape index (κ3) is 8.22. The van der Waals surface area contributed by atoms with Crippen LogP contribution in [0.1, 0.15) is 26.7 Å². The van der Waals surface area contributed by atoms with Gasteiger partial charge < -0.3 is 10.5 Å². The summed E-state index contributed by atoms with van der Waals surface area (Å²) in [5.74, 6) is 1.70. The Hall–Kier alpha value is -1.96. The van der Waals surface area contributed by atoms with Gasteiger partial charge >= 0.3 is 0 Å². The summed E-state index contributed by atoms with van der Waals surface area (Å²) in [6, 6.07) is 0. The number of hydrogen-bond donors (Lipinski definition) is 1. The Kier molecular flexibility index (Phi) is 9.10. The third-order valence-electron chi connectivity index (χ3n) is 2.10. The smallest absolute Gasteiger partial charge is 0.122 e. The van der Waals surface area contributed by atoms with Crippen molar-refractivity contribution in [3.8, 4) is 0 Å². The summed E-state index contributed by atoms with van der Waals surface area (Å²) in [5, 5.41) is 0. The SMILES string of the molecule is C=C/C=C\C/C=C(\CC)OC(/C=C\C(=C)N)=C/C. The molecule has 0 aromatic rings. The highest BCUT2D eigenvalue weighted by Crippen LogP contribution is 2.12. The maximum atomic E-state index is 5.76. The minimum atomic E-state index is 0.508. The Morgan fingerprint density at radius 2 is 2.06 bits per heavy atom. The van der Waals surface area contributed by atoms with Crippen LogP contribution in [0.15, 0.2) is 72.9 Å². The van der Waals surface area contributed by atoms with Gasteiger partial charge in [-0.2, -0.15) is 0 Å². The molecule has 0 saturated heterocycles. The minimum absolute atomic E-state index is 0.508. The second-order valence-electron chi connectivity index (χ2n) is 3.62. The zero-order valence-electron chi connectivity index (χ0n) is 11.4. The molecule has 0 aliphatic heterocycles. The Morgan fingerprint density at radius 3 is 2.56 bits per heavy atom. The Labute approximate surface area is 111 Å². The summed E-state index contributed by atoms with van der Waals surface area (Å²) in [5.41, 5.74) is 5.98. The lowest BCUT2D eigenvalue weighted by Gasteiger charge is -2.08. The van der Waals surface area contributed by atoms with Gasteiger partial charge in [0.2, 0.25) is 0 Å². The lowest BCUT2D eigenvalue weighted by molar-refractivity contribution is 0.306. The average molecular weight is 245 g/mol. The van der Waals surface area contributed by atoms with E-state index >= 15 is 0 Å². The van der Waals surface area contributed by atoms with Crippen molar-refractivity contribution in [1.29, 1.82) is 0 Å². The van der Waals surface area contributed by atoms with Gasteiger partial charge in [-0.1, -0.05) is 38.3 Å². The molecule has 0 radical (unpaired) electrons. The topological polar surface area (TPSA) is 35.2 Å². The normalized spacial score (nSPS) is 13.2. The number of nitrogens with two attached hydrogens (primary N) is 1. The molecule has 0 saturated carbocycles. The van der Waals surface area contributed by atoms with E-state index < -0.39 is 0 Å². The standard InChI is InChI=1S/C16H23NO/c1-5-8-9-10-11-15(6-2)18-16(7-3)13-12-14(4)17/h5,7-9,11-13H,1,4,6,10,17H2,2-3H3/b9-8-,13-12-,15-11+,16-7+. The molecule has 0 aromatic heterocycles. The van der Waals surface area contributed by atoms with E-state index in [1.165, 1.54) is 0 Å². The molecule has 0 rings (SSSR count). The minimum Gasteiger partial charge on any atom is -0.462 e. The maximum absolute atomic E-state index is 5.76. The maximum Gasteiger partial charge on any atom is 0.122 e. The molecule has 0 amide bonds. The van der Waals surface area contributed by atoms with Crippen molar-refractivity contribution in [2.24, 2.45) is 5.73 Å². The van der Waals surface area contributed by atoms with Crippen LogP contribution in [-0.4, -0.2) is 0 Å². The first-order chi connectivity index (χ1) is 8.63. The fourth-order valence-corrected chi connectivity index (χ4v) is 1.16. The zero-order valence-corrected chi connectivity index (χ0v) is 11.4. The summed E-state index contributed by atoms with van der Waals surface area (Å²) < 4.78 is 5.76. The first-order valence-corrected chi connectivity index (χ1v) is 6.07. The molecule has 0 unspecified atom stereocenters. The second kappa shape index (κ2) is 10.2. The van der Waals surface area contributed by atoms with Crippen molar-refractivity contribution in [1.82, 2.24) is 0 Å².